The number of aryl methyl sites for hydroxylation is 4. The van der Waals surface area contributed by atoms with Crippen molar-refractivity contribution in [2.24, 2.45) is 7.05 Å². The van der Waals surface area contributed by atoms with Crippen molar-refractivity contribution < 1.29 is 0 Å². The summed E-state index contributed by atoms with van der Waals surface area (Å²) in [5, 5.41) is 10.8. The Labute approximate surface area is 83.8 Å². The number of rotatable bonds is 0. The number of fused-ring (bicyclic) bond motifs is 1. The van der Waals surface area contributed by atoms with Gasteiger partial charge in [0, 0.05) is 29.2 Å². The summed E-state index contributed by atoms with van der Waals surface area (Å²) in [7, 11) is 2.09. The minimum Gasteiger partial charge on any atom is -0.351 e. The largest absolute Gasteiger partial charge is 0.351 e. The van der Waals surface area contributed by atoms with Crippen molar-refractivity contribution in [1.29, 1.82) is 0 Å². The maximum absolute atomic E-state index is 4.16. The van der Waals surface area contributed by atoms with E-state index in [9.17, 15) is 0 Å². The van der Waals surface area contributed by atoms with E-state index in [4.69, 9.17) is 0 Å². The van der Waals surface area contributed by atoms with Gasteiger partial charge in [0.2, 0.25) is 0 Å². The summed E-state index contributed by atoms with van der Waals surface area (Å²) in [5.41, 5.74) is 4.58. The molecular weight excluding hydrogens is 174 g/mol. The Morgan fingerprint density at radius 1 is 0.786 bits per heavy atom. The minimum absolute atomic E-state index is 1.02. The fourth-order valence-electron chi connectivity index (χ4n) is 2.08. The lowest BCUT2D eigenvalue weighted by atomic mass is 10.1. The molecule has 0 aliphatic carbocycles. The van der Waals surface area contributed by atoms with E-state index in [1.807, 2.05) is 13.8 Å². The van der Waals surface area contributed by atoms with Crippen LogP contribution in [0, 0.1) is 27.7 Å². The van der Waals surface area contributed by atoms with Crippen molar-refractivity contribution in [3.8, 4) is 0 Å². The van der Waals surface area contributed by atoms with E-state index in [-0.39, 0.29) is 0 Å². The average Bonchev–Trinajstić information content (AvgIpc) is 2.38. The van der Waals surface area contributed by atoms with Gasteiger partial charge in [0.15, 0.2) is 0 Å². The standard InChI is InChI=1S/C11H15N3/c1-6-10-8(3)14(5)9(4)11(10)7(2)13-12-6/h1-5H3. The van der Waals surface area contributed by atoms with Gasteiger partial charge in [0.25, 0.3) is 0 Å². The third-order valence-corrected chi connectivity index (χ3v) is 3.05. The number of nitrogens with zero attached hydrogens (tertiary/aromatic N) is 3. The number of hydrogen-bond acceptors (Lipinski definition) is 2. The second kappa shape index (κ2) is 2.80. The van der Waals surface area contributed by atoms with Crippen molar-refractivity contribution in [3.63, 3.8) is 0 Å². The molecule has 0 saturated carbocycles. The highest BCUT2D eigenvalue weighted by Crippen LogP contribution is 2.27. The Balaban J connectivity index is 3.08. The molecule has 0 fully saturated rings. The fourth-order valence-corrected chi connectivity index (χ4v) is 2.08. The first-order chi connectivity index (χ1) is 6.54. The van der Waals surface area contributed by atoms with Crippen molar-refractivity contribution in [2.75, 3.05) is 0 Å². The SMILES string of the molecule is Cc1nnc(C)c2c(C)n(C)c(C)c12. The van der Waals surface area contributed by atoms with Gasteiger partial charge in [-0.1, -0.05) is 0 Å². The zero-order chi connectivity index (χ0) is 10.5. The molecule has 3 nitrogen and oxygen atoms in total. The van der Waals surface area contributed by atoms with Gasteiger partial charge in [-0.3, -0.25) is 0 Å². The molecule has 0 bridgehead atoms. The molecule has 2 aromatic heterocycles. The monoisotopic (exact) mass is 189 g/mol. The predicted octanol–water partition coefficient (Wildman–Crippen LogP) is 2.20. The molecule has 0 saturated heterocycles. The lowest BCUT2D eigenvalue weighted by molar-refractivity contribution is 0.850. The summed E-state index contributed by atoms with van der Waals surface area (Å²) in [5.74, 6) is 0. The van der Waals surface area contributed by atoms with Crippen LogP contribution in [0.4, 0.5) is 0 Å². The normalized spacial score (nSPS) is 11.2. The minimum atomic E-state index is 1.02. The smallest absolute Gasteiger partial charge is 0.0696 e. The van der Waals surface area contributed by atoms with Gasteiger partial charge in [0.05, 0.1) is 11.4 Å². The Hall–Kier alpha value is -1.38. The van der Waals surface area contributed by atoms with Crippen LogP contribution in [0.2, 0.25) is 0 Å². The molecular formula is C11H15N3. The maximum atomic E-state index is 4.16. The quantitative estimate of drug-likeness (QED) is 0.636. The number of hydrogen-bond donors (Lipinski definition) is 0. The van der Waals surface area contributed by atoms with Gasteiger partial charge >= 0.3 is 0 Å². The van der Waals surface area contributed by atoms with Gasteiger partial charge in [0.1, 0.15) is 0 Å². The lowest BCUT2D eigenvalue weighted by Crippen LogP contribution is -1.92. The molecule has 0 aliphatic heterocycles. The molecule has 0 unspecified atom stereocenters. The summed E-state index contributed by atoms with van der Waals surface area (Å²) >= 11 is 0. The van der Waals surface area contributed by atoms with Crippen LogP contribution < -0.4 is 0 Å². The highest BCUT2D eigenvalue weighted by atomic mass is 15.1. The fraction of sp³-hybridized carbons (Fsp3) is 0.455. The molecule has 14 heavy (non-hydrogen) atoms. The molecule has 2 heterocycles. The van der Waals surface area contributed by atoms with Crippen molar-refractivity contribution in [3.05, 3.63) is 22.8 Å². The summed E-state index contributed by atoms with van der Waals surface area (Å²) in [6, 6.07) is 0. The lowest BCUT2D eigenvalue weighted by Gasteiger charge is -1.98. The third-order valence-electron chi connectivity index (χ3n) is 3.05. The highest BCUT2D eigenvalue weighted by molar-refractivity contribution is 5.91. The van der Waals surface area contributed by atoms with E-state index in [0.717, 1.165) is 11.4 Å². The van der Waals surface area contributed by atoms with E-state index in [1.165, 1.54) is 22.2 Å². The third kappa shape index (κ3) is 0.983. The zero-order valence-corrected chi connectivity index (χ0v) is 9.34. The molecule has 0 spiro atoms. The van der Waals surface area contributed by atoms with E-state index < -0.39 is 0 Å². The van der Waals surface area contributed by atoms with E-state index in [1.54, 1.807) is 0 Å². The molecule has 0 aliphatic rings. The predicted molar refractivity (Wildman–Crippen MR) is 57.5 cm³/mol. The van der Waals surface area contributed by atoms with Gasteiger partial charge < -0.3 is 4.57 Å². The molecule has 0 atom stereocenters. The Kier molecular flexibility index (Phi) is 1.84. The summed E-state index contributed by atoms with van der Waals surface area (Å²) in [6.45, 7) is 8.29. The second-order valence-corrected chi connectivity index (χ2v) is 3.85. The Morgan fingerprint density at radius 2 is 1.14 bits per heavy atom. The van der Waals surface area contributed by atoms with Crippen molar-refractivity contribution in [1.82, 2.24) is 14.8 Å². The van der Waals surface area contributed by atoms with Crippen LogP contribution >= 0.6 is 0 Å². The topological polar surface area (TPSA) is 30.7 Å². The van der Waals surface area contributed by atoms with Crippen LogP contribution in [-0.2, 0) is 7.05 Å². The molecule has 3 heteroatoms. The van der Waals surface area contributed by atoms with Crippen LogP contribution in [-0.4, -0.2) is 14.8 Å². The van der Waals surface area contributed by atoms with Crippen LogP contribution in [0.15, 0.2) is 0 Å². The number of aromatic nitrogens is 3. The van der Waals surface area contributed by atoms with Gasteiger partial charge in [-0.15, -0.1) is 0 Å². The van der Waals surface area contributed by atoms with Crippen molar-refractivity contribution in [2.45, 2.75) is 27.7 Å². The Morgan fingerprint density at radius 3 is 1.50 bits per heavy atom. The van der Waals surface area contributed by atoms with Gasteiger partial charge in [-0.25, -0.2) is 0 Å². The maximum Gasteiger partial charge on any atom is 0.0696 e. The molecule has 0 N–H and O–H groups in total. The zero-order valence-electron chi connectivity index (χ0n) is 9.34. The van der Waals surface area contributed by atoms with Crippen molar-refractivity contribution >= 4 is 10.8 Å². The van der Waals surface area contributed by atoms with Gasteiger partial charge in [-0.05, 0) is 27.7 Å². The van der Waals surface area contributed by atoms with Gasteiger partial charge in [-0.2, -0.15) is 10.2 Å². The molecule has 2 aromatic rings. The first kappa shape index (κ1) is 9.19. The molecule has 74 valence electrons. The summed E-state index contributed by atoms with van der Waals surface area (Å²) in [4.78, 5) is 0. The molecule has 0 radical (unpaired) electrons. The van der Waals surface area contributed by atoms with Crippen LogP contribution in [0.25, 0.3) is 10.8 Å². The first-order valence-electron chi connectivity index (χ1n) is 4.79. The van der Waals surface area contributed by atoms with E-state index in [2.05, 4.69) is 35.7 Å². The van der Waals surface area contributed by atoms with Crippen LogP contribution in [0.1, 0.15) is 22.8 Å². The van der Waals surface area contributed by atoms with Crippen LogP contribution in [0.3, 0.4) is 0 Å². The highest BCUT2D eigenvalue weighted by Gasteiger charge is 2.13. The summed E-state index contributed by atoms with van der Waals surface area (Å²) in [6.07, 6.45) is 0. The van der Waals surface area contributed by atoms with E-state index >= 15 is 0 Å². The average molecular weight is 189 g/mol. The summed E-state index contributed by atoms with van der Waals surface area (Å²) < 4.78 is 2.20. The molecule has 0 amide bonds. The molecule has 0 aromatic carbocycles. The Bertz CT molecular complexity index is 464. The second-order valence-electron chi connectivity index (χ2n) is 3.85. The first-order valence-corrected chi connectivity index (χ1v) is 4.79. The van der Waals surface area contributed by atoms with E-state index in [0.29, 0.717) is 0 Å². The van der Waals surface area contributed by atoms with Crippen LogP contribution in [0.5, 0.6) is 0 Å². The molecule has 2 rings (SSSR count).